The molecule has 39 heavy (non-hydrogen) atoms. The lowest BCUT2D eigenvalue weighted by Crippen LogP contribution is -2.44. The lowest BCUT2D eigenvalue weighted by Gasteiger charge is -2.31. The van der Waals surface area contributed by atoms with Gasteiger partial charge in [0.15, 0.2) is 0 Å². The molecular weight excluding hydrogens is 503 g/mol. The molecule has 6 nitrogen and oxygen atoms in total. The normalized spacial score (nSPS) is 16.2. The monoisotopic (exact) mass is 535 g/mol. The van der Waals surface area contributed by atoms with E-state index in [-0.39, 0.29) is 31.2 Å². The van der Waals surface area contributed by atoms with E-state index in [2.05, 4.69) is 31.5 Å². The van der Waals surface area contributed by atoms with Crippen molar-refractivity contribution in [3.05, 3.63) is 95.9 Å². The van der Waals surface area contributed by atoms with Crippen molar-refractivity contribution in [2.24, 2.45) is 5.41 Å². The molecule has 1 amide bonds. The van der Waals surface area contributed by atoms with Gasteiger partial charge in [0.1, 0.15) is 0 Å². The number of benzene rings is 2. The van der Waals surface area contributed by atoms with Crippen molar-refractivity contribution in [1.82, 2.24) is 25.4 Å². The number of likely N-dealkylation sites (N-methyl/N-ethyl adjacent to an activating group) is 1. The zero-order chi connectivity index (χ0) is 27.5. The van der Waals surface area contributed by atoms with Crippen LogP contribution in [0.3, 0.4) is 0 Å². The summed E-state index contributed by atoms with van der Waals surface area (Å²) < 4.78 is 42.2. The molecule has 0 saturated heterocycles. The van der Waals surface area contributed by atoms with Gasteiger partial charge in [-0.15, -0.1) is 0 Å². The maximum Gasteiger partial charge on any atom is 0.395 e. The van der Waals surface area contributed by atoms with Gasteiger partial charge in [0.2, 0.25) is 5.91 Å². The standard InChI is InChI=1S/C30H32F3N5O/c1-38(20-21-6-3-2-4-7-21)25(15-22-9-10-27-24(14-22)18-36-37-27)19-35-28(39)16-26(23-8-5-13-34-17-23)29(11-12-29)30(31,32)33/h2-10,13-14,17-18,25-26H,11-12,15-16,19-20H2,1H3,(H,35,39)(H,36,37). The van der Waals surface area contributed by atoms with E-state index in [4.69, 9.17) is 0 Å². The summed E-state index contributed by atoms with van der Waals surface area (Å²) in [5, 5.41) is 11.0. The van der Waals surface area contributed by atoms with Gasteiger partial charge < -0.3 is 5.32 Å². The van der Waals surface area contributed by atoms with Crippen molar-refractivity contribution in [3.8, 4) is 0 Å². The Bertz CT molecular complexity index is 1390. The molecule has 0 spiro atoms. The van der Waals surface area contributed by atoms with Crippen LogP contribution in [0.25, 0.3) is 10.9 Å². The first-order valence-electron chi connectivity index (χ1n) is 13.1. The number of fused-ring (bicyclic) bond motifs is 1. The number of aromatic nitrogens is 3. The Balaban J connectivity index is 1.31. The largest absolute Gasteiger partial charge is 0.395 e. The number of carbonyl (C=O) groups is 1. The predicted molar refractivity (Wildman–Crippen MR) is 144 cm³/mol. The fraction of sp³-hybridized carbons (Fsp3) is 0.367. The molecule has 2 heterocycles. The van der Waals surface area contributed by atoms with Gasteiger partial charge in [0.25, 0.3) is 0 Å². The summed E-state index contributed by atoms with van der Waals surface area (Å²) in [6.07, 6.45) is 0.858. The second-order valence-electron chi connectivity index (χ2n) is 10.6. The van der Waals surface area contributed by atoms with Crippen LogP contribution < -0.4 is 5.32 Å². The molecule has 204 valence electrons. The van der Waals surface area contributed by atoms with E-state index in [1.807, 2.05) is 49.5 Å². The minimum atomic E-state index is -4.38. The summed E-state index contributed by atoms with van der Waals surface area (Å²) in [5.74, 6) is -1.35. The number of rotatable bonds is 11. The Morgan fingerprint density at radius 1 is 1.08 bits per heavy atom. The van der Waals surface area contributed by atoms with Crippen molar-refractivity contribution >= 4 is 16.8 Å². The van der Waals surface area contributed by atoms with Crippen LogP contribution in [0.2, 0.25) is 0 Å². The second-order valence-corrected chi connectivity index (χ2v) is 10.6. The molecule has 1 aliphatic rings. The van der Waals surface area contributed by atoms with Crippen molar-refractivity contribution in [2.45, 2.75) is 50.4 Å². The van der Waals surface area contributed by atoms with Gasteiger partial charge in [-0.2, -0.15) is 18.3 Å². The van der Waals surface area contributed by atoms with Gasteiger partial charge in [-0.25, -0.2) is 0 Å². The molecule has 2 atom stereocenters. The van der Waals surface area contributed by atoms with Gasteiger partial charge in [-0.1, -0.05) is 42.5 Å². The molecule has 4 aromatic rings. The molecule has 0 bridgehead atoms. The maximum absolute atomic E-state index is 14.1. The summed E-state index contributed by atoms with van der Waals surface area (Å²) in [4.78, 5) is 19.4. The first kappa shape index (κ1) is 26.9. The van der Waals surface area contributed by atoms with E-state index in [9.17, 15) is 18.0 Å². The number of carbonyl (C=O) groups excluding carboxylic acids is 1. The number of hydrogen-bond donors (Lipinski definition) is 2. The highest BCUT2D eigenvalue weighted by atomic mass is 19.4. The number of hydrogen-bond acceptors (Lipinski definition) is 4. The molecular formula is C30H32F3N5O. The number of alkyl halides is 3. The van der Waals surface area contributed by atoms with E-state index >= 15 is 0 Å². The average Bonchev–Trinajstić information content (AvgIpc) is 3.62. The topological polar surface area (TPSA) is 73.9 Å². The summed E-state index contributed by atoms with van der Waals surface area (Å²) >= 11 is 0. The van der Waals surface area contributed by atoms with Crippen LogP contribution in [-0.4, -0.2) is 51.8 Å². The third-order valence-electron chi connectivity index (χ3n) is 7.91. The van der Waals surface area contributed by atoms with E-state index in [0.717, 1.165) is 22.0 Å². The lowest BCUT2D eigenvalue weighted by atomic mass is 9.80. The first-order valence-corrected chi connectivity index (χ1v) is 13.1. The van der Waals surface area contributed by atoms with Crippen molar-refractivity contribution < 1.29 is 18.0 Å². The van der Waals surface area contributed by atoms with Gasteiger partial charge in [0.05, 0.1) is 17.1 Å². The number of nitrogens with one attached hydrogen (secondary N) is 2. The van der Waals surface area contributed by atoms with Crippen LogP contribution in [-0.2, 0) is 17.8 Å². The Kier molecular flexibility index (Phi) is 7.70. The third-order valence-corrected chi connectivity index (χ3v) is 7.91. The molecule has 0 aliphatic heterocycles. The number of amides is 1. The quantitative estimate of drug-likeness (QED) is 0.261. The molecule has 2 aromatic heterocycles. The van der Waals surface area contributed by atoms with E-state index in [0.29, 0.717) is 25.1 Å². The van der Waals surface area contributed by atoms with Gasteiger partial charge in [-0.05, 0) is 61.2 Å². The summed E-state index contributed by atoms with van der Waals surface area (Å²) in [6, 6.07) is 19.3. The zero-order valence-electron chi connectivity index (χ0n) is 21.8. The molecule has 2 aromatic carbocycles. The number of H-pyrrole nitrogens is 1. The number of halogens is 3. The Morgan fingerprint density at radius 2 is 1.87 bits per heavy atom. The Labute approximate surface area is 225 Å². The third kappa shape index (κ3) is 6.14. The SMILES string of the molecule is CN(Cc1ccccc1)C(CNC(=O)CC(c1cccnc1)C1(C(F)(F)F)CC1)Cc1ccc2[nH]ncc2c1. The second kappa shape index (κ2) is 11.2. The van der Waals surface area contributed by atoms with Gasteiger partial charge in [0, 0.05) is 49.2 Å². The van der Waals surface area contributed by atoms with Crippen LogP contribution in [0.5, 0.6) is 0 Å². The fourth-order valence-corrected chi connectivity index (χ4v) is 5.44. The minimum Gasteiger partial charge on any atom is -0.355 e. The van der Waals surface area contributed by atoms with E-state index in [1.54, 1.807) is 18.3 Å². The molecule has 1 aliphatic carbocycles. The van der Waals surface area contributed by atoms with Crippen molar-refractivity contribution in [2.75, 3.05) is 13.6 Å². The zero-order valence-corrected chi connectivity index (χ0v) is 21.8. The Morgan fingerprint density at radius 3 is 2.56 bits per heavy atom. The van der Waals surface area contributed by atoms with Gasteiger partial charge >= 0.3 is 6.18 Å². The molecule has 2 N–H and O–H groups in total. The summed E-state index contributed by atoms with van der Waals surface area (Å²) in [7, 11) is 2.00. The van der Waals surface area contributed by atoms with E-state index < -0.39 is 17.5 Å². The summed E-state index contributed by atoms with van der Waals surface area (Å²) in [6.45, 7) is 0.981. The molecule has 0 radical (unpaired) electrons. The summed E-state index contributed by atoms with van der Waals surface area (Å²) in [5.41, 5.74) is 1.76. The van der Waals surface area contributed by atoms with Crippen LogP contribution in [0, 0.1) is 5.41 Å². The van der Waals surface area contributed by atoms with Crippen molar-refractivity contribution in [3.63, 3.8) is 0 Å². The van der Waals surface area contributed by atoms with Crippen LogP contribution in [0.15, 0.2) is 79.3 Å². The minimum absolute atomic E-state index is 0.0300. The van der Waals surface area contributed by atoms with Crippen molar-refractivity contribution in [1.29, 1.82) is 0 Å². The van der Waals surface area contributed by atoms with Crippen LogP contribution in [0.4, 0.5) is 13.2 Å². The smallest absolute Gasteiger partial charge is 0.355 e. The van der Waals surface area contributed by atoms with Gasteiger partial charge in [-0.3, -0.25) is 19.8 Å². The number of aromatic amines is 1. The Hall–Kier alpha value is -3.72. The number of pyridine rings is 1. The van der Waals surface area contributed by atoms with E-state index in [1.165, 1.54) is 12.4 Å². The molecule has 1 saturated carbocycles. The lowest BCUT2D eigenvalue weighted by molar-refractivity contribution is -0.194. The van der Waals surface area contributed by atoms with Crippen LogP contribution in [0.1, 0.15) is 41.9 Å². The highest BCUT2D eigenvalue weighted by Crippen LogP contribution is 2.66. The van der Waals surface area contributed by atoms with Crippen LogP contribution >= 0.6 is 0 Å². The highest BCUT2D eigenvalue weighted by molar-refractivity contribution is 5.78. The highest BCUT2D eigenvalue weighted by Gasteiger charge is 2.67. The molecule has 5 rings (SSSR count). The number of nitrogens with zero attached hydrogens (tertiary/aromatic N) is 3. The average molecular weight is 536 g/mol. The molecule has 2 unspecified atom stereocenters. The predicted octanol–water partition coefficient (Wildman–Crippen LogP) is 5.63. The molecule has 1 fully saturated rings. The molecule has 9 heteroatoms. The first-order chi connectivity index (χ1) is 18.7. The maximum atomic E-state index is 14.1. The fourth-order valence-electron chi connectivity index (χ4n) is 5.44.